The van der Waals surface area contributed by atoms with E-state index in [2.05, 4.69) is 78.3 Å². The Balaban J connectivity index is -0.000000388. The van der Waals surface area contributed by atoms with Crippen LogP contribution in [0.25, 0.3) is 0 Å². The van der Waals surface area contributed by atoms with Crippen LogP contribution in [0.5, 0.6) is 0 Å². The minimum atomic E-state index is -0.858. The van der Waals surface area contributed by atoms with Crippen molar-refractivity contribution < 1.29 is 153 Å². The molecule has 1 aliphatic heterocycles. The van der Waals surface area contributed by atoms with Gasteiger partial charge in [-0.15, -0.1) is 12.4 Å². The average molecular weight is 1540 g/mol. The molecule has 1 aliphatic rings. The number of carbonyl (C=O) groups is 5. The quantitative estimate of drug-likeness (QED) is 0.00865. The Morgan fingerprint density at radius 3 is 1.20 bits per heavy atom. The number of likely N-dealkylation sites (tertiary alicyclic amines) is 1. The summed E-state index contributed by atoms with van der Waals surface area (Å²) in [6, 6.07) is 30.8. The van der Waals surface area contributed by atoms with Gasteiger partial charge in [0, 0.05) is 98.5 Å². The van der Waals surface area contributed by atoms with Gasteiger partial charge in [0.15, 0.2) is 0 Å². The SMILES string of the molecule is CC#N.CC(C)(C)OC(=O)C[C@@H](CN)Nc1ccc(C#N)c(Cl)c1.CCC(CC)N1C[C@@H](Nc2ccc(C#N)c(Cl)c2)CC1=O.CCC(CC)NC[C@H](CC(=O)O)Nc1ccc(C#N)c(Cl)c1.CCC(CC)NC[C@H](CC(=O)OC(C)(C)C)Nc1ccc(C#N)c(Cl)c1.Cl.O=CO[O-].[H-].[K+].[K+]. The molecule has 1 fully saturated rings. The van der Waals surface area contributed by atoms with Gasteiger partial charge in [0.2, 0.25) is 5.91 Å². The van der Waals surface area contributed by atoms with Crippen LogP contribution in [0.3, 0.4) is 0 Å². The number of carbonyl (C=O) groups excluding carboxylic acids is 4. The number of aliphatic carboxylic acids is 1. The number of halogens is 5. The molecule has 1 saturated heterocycles. The van der Waals surface area contributed by atoms with Crippen LogP contribution in [-0.2, 0) is 38.3 Å². The summed E-state index contributed by atoms with van der Waals surface area (Å²) < 4.78 is 10.7. The van der Waals surface area contributed by atoms with Gasteiger partial charge in [0.05, 0.1) is 73.7 Å². The number of nitrogens with one attached hydrogen (secondary N) is 6. The van der Waals surface area contributed by atoms with Crippen LogP contribution in [0.1, 0.15) is 178 Å². The van der Waals surface area contributed by atoms with Crippen LogP contribution in [0.4, 0.5) is 22.7 Å². The second-order valence-corrected chi connectivity index (χ2v) is 25.6. The second-order valence-electron chi connectivity index (χ2n) is 24.0. The molecule has 9 N–H and O–H groups in total. The van der Waals surface area contributed by atoms with Crippen LogP contribution >= 0.6 is 58.8 Å². The van der Waals surface area contributed by atoms with Crippen LogP contribution in [-0.4, -0.2) is 120 Å². The van der Waals surface area contributed by atoms with Crippen molar-refractivity contribution in [1.82, 2.24) is 15.5 Å². The molecule has 30 heteroatoms. The maximum absolute atomic E-state index is 12.3. The normalized spacial score (nSPS) is 12.6. The predicted molar refractivity (Wildman–Crippen MR) is 389 cm³/mol. The number of benzene rings is 4. The molecule has 4 atom stereocenters. The van der Waals surface area contributed by atoms with Gasteiger partial charge in [0.1, 0.15) is 35.5 Å². The van der Waals surface area contributed by atoms with Crippen molar-refractivity contribution in [3.63, 3.8) is 0 Å². The zero-order valence-corrected chi connectivity index (χ0v) is 70.3. The van der Waals surface area contributed by atoms with E-state index in [0.29, 0.717) is 91.4 Å². The van der Waals surface area contributed by atoms with Crippen molar-refractivity contribution in [2.75, 3.05) is 47.4 Å². The van der Waals surface area contributed by atoms with Crippen molar-refractivity contribution >= 4 is 112 Å². The summed E-state index contributed by atoms with van der Waals surface area (Å²) in [7, 11) is 0. The van der Waals surface area contributed by atoms with Gasteiger partial charge in [-0.3, -0.25) is 24.0 Å². The first-order chi connectivity index (χ1) is 45.8. The molecular weight excluding hydrogens is 1440 g/mol. The number of nitriles is 5. The Labute approximate surface area is 704 Å². The summed E-state index contributed by atoms with van der Waals surface area (Å²) in [6.07, 6.45) is 6.93. The average Bonchev–Trinajstić information content (AvgIpc) is 1.76. The van der Waals surface area contributed by atoms with Crippen molar-refractivity contribution in [2.45, 2.75) is 208 Å². The summed E-state index contributed by atoms with van der Waals surface area (Å²) in [5.41, 5.74) is 9.37. The standard InChI is InChI=1S/C20H30ClN3O2.C16H22ClN3O2.C16H20ClN3O.C15H20ClN3O2.C2H3N.CH2O3.ClH.2K.H/c1-6-15(7-2)23-13-17(11-19(25)26-20(3,4)5)24-16-9-8-14(12-22)18(21)10-16;1-3-12(4-2)19-10-14(8-16(21)22)20-13-6-5-11(9-18)15(17)7-13;1-3-14(4-2)20-10-13(8-16(20)21)19-12-6-5-11(9-18)15(17)7-12;1-15(2,3)21-14(20)7-12(9-18)19-11-5-4-10(8-17)13(16)6-11;1-2-3;2-1-4-3;;;;/h8-10,15,17,23-24H,6-7,11,13H2,1-5H3;5-7,12,14,19-20H,3-4,8,10H2,1-2H3,(H,21,22);5-7,13-14,19H,3-4,8,10H2,1-2H3;4-6,12,19H,7,9,18H2,1-3H3;1H3;1,3H;1H;;;/q;;;;;;;2*+1;-1/p-1/t17-;14-;13-;12-;;;;;;/m0000....../s1. The van der Waals surface area contributed by atoms with Crippen LogP contribution < -0.4 is 146 Å². The van der Waals surface area contributed by atoms with Crippen molar-refractivity contribution in [3.8, 4) is 30.3 Å². The van der Waals surface area contributed by atoms with E-state index in [-0.39, 0.29) is 191 Å². The van der Waals surface area contributed by atoms with Crippen LogP contribution in [0.15, 0.2) is 72.8 Å². The number of nitrogens with zero attached hydrogens (tertiary/aromatic N) is 6. The molecule has 0 aromatic heterocycles. The van der Waals surface area contributed by atoms with E-state index in [1.54, 1.807) is 72.8 Å². The second kappa shape index (κ2) is 56.8. The van der Waals surface area contributed by atoms with Crippen molar-refractivity contribution in [1.29, 1.82) is 26.3 Å². The molecule has 0 aliphatic carbocycles. The first-order valence-electron chi connectivity index (χ1n) is 31.8. The Morgan fingerprint density at radius 2 is 0.920 bits per heavy atom. The monoisotopic (exact) mass is 1530 g/mol. The van der Waals surface area contributed by atoms with Crippen LogP contribution in [0, 0.1) is 56.7 Å². The van der Waals surface area contributed by atoms with Gasteiger partial charge in [-0.05, 0) is 153 Å². The third kappa shape index (κ3) is 44.2. The van der Waals surface area contributed by atoms with E-state index in [4.69, 9.17) is 103 Å². The summed E-state index contributed by atoms with van der Waals surface area (Å²) in [5, 5.41) is 81.7. The molecule has 100 heavy (non-hydrogen) atoms. The molecule has 5 rings (SSSR count). The van der Waals surface area contributed by atoms with E-state index in [1.165, 1.54) is 6.92 Å². The third-order valence-corrected chi connectivity index (χ3v) is 15.3. The van der Waals surface area contributed by atoms with E-state index in [1.807, 2.05) is 76.8 Å². The molecular formula is C70H98Cl5K2N13O10. The summed E-state index contributed by atoms with van der Waals surface area (Å²) in [5.74, 6) is -1.21. The third-order valence-electron chi connectivity index (χ3n) is 14.1. The molecule has 540 valence electrons. The number of ether oxygens (including phenoxy) is 2. The van der Waals surface area contributed by atoms with E-state index in [9.17, 15) is 19.2 Å². The van der Waals surface area contributed by atoms with Gasteiger partial charge >= 0.3 is 121 Å². The van der Waals surface area contributed by atoms with Gasteiger partial charge in [-0.1, -0.05) is 87.9 Å². The fraction of sp³-hybridized carbons (Fsp3) is 0.514. The Hall–Kier alpha value is -4.56. The number of rotatable bonds is 29. The molecule has 1 amide bonds. The van der Waals surface area contributed by atoms with Crippen molar-refractivity contribution in [3.05, 3.63) is 115 Å². The molecule has 0 unspecified atom stereocenters. The van der Waals surface area contributed by atoms with E-state index < -0.39 is 17.2 Å². The summed E-state index contributed by atoms with van der Waals surface area (Å²) in [6.45, 7) is 27.1. The molecule has 4 aromatic rings. The van der Waals surface area contributed by atoms with Gasteiger partial charge in [-0.2, -0.15) is 26.3 Å². The Morgan fingerprint density at radius 1 is 0.610 bits per heavy atom. The molecule has 23 nitrogen and oxygen atoms in total. The molecule has 0 bridgehead atoms. The van der Waals surface area contributed by atoms with E-state index >= 15 is 0 Å². The maximum Gasteiger partial charge on any atom is 1.00 e. The van der Waals surface area contributed by atoms with Crippen LogP contribution in [0.2, 0.25) is 20.1 Å². The molecule has 0 spiro atoms. The number of nitrogens with two attached hydrogens (primary N) is 1. The number of carboxylic acid groups (broad SMARTS) is 1. The van der Waals surface area contributed by atoms with Gasteiger partial charge in [-0.25, -0.2) is 0 Å². The minimum absolute atomic E-state index is 0. The number of anilines is 4. The zero-order valence-electron chi connectivity index (χ0n) is 61.2. The summed E-state index contributed by atoms with van der Waals surface area (Å²) >= 11 is 24.1. The maximum atomic E-state index is 12.3. The van der Waals surface area contributed by atoms with E-state index in [0.717, 1.165) is 56.4 Å². The summed E-state index contributed by atoms with van der Waals surface area (Å²) in [4.78, 5) is 60.4. The van der Waals surface area contributed by atoms with Gasteiger partial charge in [0.25, 0.3) is 6.47 Å². The largest absolute Gasteiger partial charge is 1.00 e. The Bertz CT molecular complexity index is 3310. The van der Waals surface area contributed by atoms with Crippen molar-refractivity contribution in [2.24, 2.45) is 5.73 Å². The number of amides is 1. The molecule has 1 heterocycles. The number of hydrogen-bond donors (Lipinski definition) is 8. The first-order valence-corrected chi connectivity index (χ1v) is 33.4. The zero-order chi connectivity index (χ0) is 73.8. The smallest absolute Gasteiger partial charge is 1.00 e. The molecule has 0 saturated carbocycles. The fourth-order valence-electron chi connectivity index (χ4n) is 9.33. The minimum Gasteiger partial charge on any atom is -1.00 e. The first kappa shape index (κ1) is 102. The molecule has 0 radical (unpaired) electrons. The fourth-order valence-corrected chi connectivity index (χ4v) is 10.2. The topological polar surface area (TPSA) is 377 Å². The Kier molecular flexibility index (Phi) is 57.9. The predicted octanol–water partition coefficient (Wildman–Crippen LogP) is 7.35. The number of hydrogen-bond acceptors (Lipinski definition) is 21. The number of carboxylic acids is 1. The number of esters is 2. The van der Waals surface area contributed by atoms with Gasteiger partial charge < -0.3 is 68.7 Å². The molecule has 4 aromatic carbocycles.